The van der Waals surface area contributed by atoms with Crippen molar-refractivity contribution in [2.75, 3.05) is 7.11 Å². The summed E-state index contributed by atoms with van der Waals surface area (Å²) in [6.45, 7) is 1.39. The molecule has 0 fully saturated rings. The molecule has 0 aliphatic carbocycles. The van der Waals surface area contributed by atoms with Crippen molar-refractivity contribution in [3.8, 4) is 0 Å². The molecule has 0 amide bonds. The van der Waals surface area contributed by atoms with Crippen LogP contribution in [-0.2, 0) is 13.8 Å². The zero-order chi connectivity index (χ0) is 7.49. The maximum atomic E-state index is 9.99. The van der Waals surface area contributed by atoms with Crippen LogP contribution in [0.15, 0.2) is 0 Å². The molecule has 0 rings (SSSR count). The first-order valence-corrected chi connectivity index (χ1v) is 3.75. The lowest BCUT2D eigenvalue weighted by molar-refractivity contribution is -0.0540. The molecule has 0 saturated carbocycles. The molecule has 0 aromatic carbocycles. The Morgan fingerprint density at radius 3 is 2.11 bits per heavy atom. The van der Waals surface area contributed by atoms with E-state index < -0.39 is 14.1 Å². The maximum absolute atomic E-state index is 9.99. The predicted octanol–water partition coefficient (Wildman–Crippen LogP) is 0.0881. The first-order chi connectivity index (χ1) is 3.95. The SMILES string of the molecule is COC(C)OP(=O)(O)O. The molecule has 0 bridgehead atoms. The molecule has 0 aromatic heterocycles. The Bertz CT molecular complexity index is 117. The van der Waals surface area contributed by atoms with Gasteiger partial charge in [-0.2, -0.15) is 0 Å². The topological polar surface area (TPSA) is 76.0 Å². The second kappa shape index (κ2) is 3.29. The Morgan fingerprint density at radius 1 is 1.56 bits per heavy atom. The number of rotatable bonds is 3. The van der Waals surface area contributed by atoms with Crippen molar-refractivity contribution in [2.24, 2.45) is 0 Å². The van der Waals surface area contributed by atoms with Crippen LogP contribution in [0.1, 0.15) is 6.92 Å². The number of ether oxygens (including phenoxy) is 1. The Balaban J connectivity index is 3.60. The van der Waals surface area contributed by atoms with Crippen LogP contribution in [0, 0.1) is 0 Å². The van der Waals surface area contributed by atoms with Crippen molar-refractivity contribution in [1.82, 2.24) is 0 Å². The van der Waals surface area contributed by atoms with E-state index in [4.69, 9.17) is 9.79 Å². The van der Waals surface area contributed by atoms with Crippen molar-refractivity contribution in [3.05, 3.63) is 0 Å². The monoisotopic (exact) mass is 156 g/mol. The molecule has 56 valence electrons. The highest BCUT2D eigenvalue weighted by Crippen LogP contribution is 2.37. The van der Waals surface area contributed by atoms with Gasteiger partial charge in [0.25, 0.3) is 0 Å². The lowest BCUT2D eigenvalue weighted by Crippen LogP contribution is -2.07. The Morgan fingerprint density at radius 2 is 2.00 bits per heavy atom. The number of hydrogen-bond acceptors (Lipinski definition) is 3. The quantitative estimate of drug-likeness (QED) is 0.447. The molecular formula is C3H9O5P. The highest BCUT2D eigenvalue weighted by Gasteiger charge is 2.17. The molecule has 1 unspecified atom stereocenters. The lowest BCUT2D eigenvalue weighted by atomic mass is 10.8. The zero-order valence-electron chi connectivity index (χ0n) is 5.14. The number of methoxy groups -OCH3 is 1. The van der Waals surface area contributed by atoms with E-state index in [1.807, 2.05) is 0 Å². The van der Waals surface area contributed by atoms with Crippen molar-refractivity contribution in [2.45, 2.75) is 13.2 Å². The minimum Gasteiger partial charge on any atom is -0.356 e. The van der Waals surface area contributed by atoms with Gasteiger partial charge in [0.05, 0.1) is 0 Å². The molecule has 2 N–H and O–H groups in total. The van der Waals surface area contributed by atoms with Crippen LogP contribution in [0.5, 0.6) is 0 Å². The minimum absolute atomic E-state index is 0.870. The molecule has 0 aliphatic rings. The molecule has 0 spiro atoms. The van der Waals surface area contributed by atoms with Crippen LogP contribution in [0.4, 0.5) is 0 Å². The maximum Gasteiger partial charge on any atom is 0.471 e. The summed E-state index contributed by atoms with van der Waals surface area (Å²) in [6, 6.07) is 0. The van der Waals surface area contributed by atoms with E-state index in [9.17, 15) is 4.57 Å². The first-order valence-electron chi connectivity index (χ1n) is 2.22. The van der Waals surface area contributed by atoms with Crippen molar-refractivity contribution in [3.63, 3.8) is 0 Å². The average Bonchev–Trinajstić information content (AvgIpc) is 1.62. The van der Waals surface area contributed by atoms with Crippen LogP contribution < -0.4 is 0 Å². The second-order valence-corrected chi connectivity index (χ2v) is 2.59. The normalized spacial score (nSPS) is 15.6. The minimum atomic E-state index is -4.36. The van der Waals surface area contributed by atoms with Gasteiger partial charge in [0.1, 0.15) is 0 Å². The molecule has 5 nitrogen and oxygen atoms in total. The van der Waals surface area contributed by atoms with Crippen molar-refractivity contribution in [1.29, 1.82) is 0 Å². The van der Waals surface area contributed by atoms with E-state index in [0.717, 1.165) is 0 Å². The van der Waals surface area contributed by atoms with Gasteiger partial charge in [-0.05, 0) is 6.92 Å². The molecule has 0 aliphatic heterocycles. The highest BCUT2D eigenvalue weighted by molar-refractivity contribution is 7.46. The fraction of sp³-hybridized carbons (Fsp3) is 1.00. The number of phosphoric ester groups is 1. The van der Waals surface area contributed by atoms with Gasteiger partial charge >= 0.3 is 7.82 Å². The molecule has 9 heavy (non-hydrogen) atoms. The summed E-state index contributed by atoms with van der Waals surface area (Å²) >= 11 is 0. The van der Waals surface area contributed by atoms with Gasteiger partial charge < -0.3 is 14.5 Å². The highest BCUT2D eigenvalue weighted by atomic mass is 31.2. The molecule has 0 aromatic rings. The van der Waals surface area contributed by atoms with Gasteiger partial charge in [-0.25, -0.2) is 4.57 Å². The fourth-order valence-corrected chi connectivity index (χ4v) is 0.709. The van der Waals surface area contributed by atoms with Crippen LogP contribution in [-0.4, -0.2) is 23.2 Å². The van der Waals surface area contributed by atoms with E-state index >= 15 is 0 Å². The van der Waals surface area contributed by atoms with Gasteiger partial charge in [0.2, 0.25) is 0 Å². The molecular weight excluding hydrogens is 147 g/mol. The van der Waals surface area contributed by atoms with E-state index in [-0.39, 0.29) is 0 Å². The lowest BCUT2D eigenvalue weighted by Gasteiger charge is -2.10. The summed E-state index contributed by atoms with van der Waals surface area (Å²) in [4.78, 5) is 16.3. The summed E-state index contributed by atoms with van der Waals surface area (Å²) in [5.74, 6) is 0. The van der Waals surface area contributed by atoms with Crippen molar-refractivity contribution < 1.29 is 23.6 Å². The molecule has 0 saturated heterocycles. The summed E-state index contributed by atoms with van der Waals surface area (Å²) in [7, 11) is -3.07. The predicted molar refractivity (Wildman–Crippen MR) is 29.6 cm³/mol. The van der Waals surface area contributed by atoms with E-state index in [1.165, 1.54) is 14.0 Å². The standard InChI is InChI=1S/C3H9O5P/c1-3(7-2)8-9(4,5)6/h3H,1-2H3,(H2,4,5,6). The third kappa shape index (κ3) is 5.95. The Kier molecular flexibility index (Phi) is 3.32. The summed E-state index contributed by atoms with van der Waals surface area (Å²) in [5.41, 5.74) is 0. The van der Waals surface area contributed by atoms with E-state index in [2.05, 4.69) is 9.26 Å². The second-order valence-electron chi connectivity index (χ2n) is 1.40. The largest absolute Gasteiger partial charge is 0.471 e. The van der Waals surface area contributed by atoms with Crippen LogP contribution in [0.3, 0.4) is 0 Å². The Hall–Kier alpha value is 0.0700. The van der Waals surface area contributed by atoms with E-state index in [1.54, 1.807) is 0 Å². The summed E-state index contributed by atoms with van der Waals surface area (Å²) in [5, 5.41) is 0. The van der Waals surface area contributed by atoms with Crippen LogP contribution >= 0.6 is 7.82 Å². The smallest absolute Gasteiger partial charge is 0.356 e. The average molecular weight is 156 g/mol. The molecule has 0 heterocycles. The Labute approximate surface area is 52.8 Å². The fourth-order valence-electron chi connectivity index (χ4n) is 0.236. The number of hydrogen-bond donors (Lipinski definition) is 2. The zero-order valence-corrected chi connectivity index (χ0v) is 6.04. The number of phosphoric acid groups is 1. The first kappa shape index (κ1) is 9.07. The van der Waals surface area contributed by atoms with Crippen LogP contribution in [0.25, 0.3) is 0 Å². The third-order valence-electron chi connectivity index (χ3n) is 0.618. The van der Waals surface area contributed by atoms with Gasteiger partial charge in [0, 0.05) is 7.11 Å². The molecule has 6 heteroatoms. The van der Waals surface area contributed by atoms with Gasteiger partial charge in [-0.15, -0.1) is 0 Å². The van der Waals surface area contributed by atoms with Gasteiger partial charge in [-0.3, -0.25) is 4.52 Å². The molecule has 1 atom stereocenters. The van der Waals surface area contributed by atoms with Crippen LogP contribution in [0.2, 0.25) is 0 Å². The van der Waals surface area contributed by atoms with Crippen molar-refractivity contribution >= 4 is 7.82 Å². The third-order valence-corrected chi connectivity index (χ3v) is 1.19. The van der Waals surface area contributed by atoms with E-state index in [0.29, 0.717) is 0 Å². The van der Waals surface area contributed by atoms with Gasteiger partial charge in [0.15, 0.2) is 6.29 Å². The summed E-state index contributed by atoms with van der Waals surface area (Å²) < 4.78 is 18.4. The molecule has 0 radical (unpaired) electrons. The summed E-state index contributed by atoms with van der Waals surface area (Å²) in [6.07, 6.45) is -0.870. The van der Waals surface area contributed by atoms with Gasteiger partial charge in [-0.1, -0.05) is 0 Å².